The highest BCUT2D eigenvalue weighted by Crippen LogP contribution is 2.40. The van der Waals surface area contributed by atoms with Gasteiger partial charge in [0.05, 0.1) is 13.0 Å². The summed E-state index contributed by atoms with van der Waals surface area (Å²) < 4.78 is 11.9. The highest BCUT2D eigenvalue weighted by atomic mass is 16.6. The molecule has 43 heavy (non-hydrogen) atoms. The molecule has 0 aliphatic heterocycles. The fourth-order valence-corrected chi connectivity index (χ4v) is 5.65. The van der Waals surface area contributed by atoms with Gasteiger partial charge in [-0.3, -0.25) is 4.79 Å². The fourth-order valence-electron chi connectivity index (χ4n) is 5.65. The van der Waals surface area contributed by atoms with Crippen LogP contribution < -0.4 is 9.47 Å². The number of rotatable bonds is 9. The summed E-state index contributed by atoms with van der Waals surface area (Å²) in [4.78, 5) is 14.2. The summed E-state index contributed by atoms with van der Waals surface area (Å²) in [6.07, 6.45) is 4.14. The van der Waals surface area contributed by atoms with Crippen LogP contribution in [0.5, 0.6) is 11.5 Å². The zero-order chi connectivity index (χ0) is 29.4. The molecular formula is C40H32O3. The Bertz CT molecular complexity index is 1800. The Morgan fingerprint density at radius 1 is 0.581 bits per heavy atom. The molecule has 0 aliphatic carbocycles. The van der Waals surface area contributed by atoms with E-state index in [0.717, 1.165) is 27.8 Å². The Morgan fingerprint density at radius 2 is 1.16 bits per heavy atom. The van der Waals surface area contributed by atoms with Crippen LogP contribution in [0, 0.1) is 0 Å². The summed E-state index contributed by atoms with van der Waals surface area (Å²) in [5.74, 6) is -0.291. The van der Waals surface area contributed by atoms with E-state index >= 15 is 0 Å². The molecule has 6 aromatic carbocycles. The van der Waals surface area contributed by atoms with Crippen molar-refractivity contribution in [3.63, 3.8) is 0 Å². The molecule has 0 radical (unpaired) electrons. The van der Waals surface area contributed by atoms with Crippen molar-refractivity contribution in [2.24, 2.45) is 0 Å². The Balaban J connectivity index is 1.33. The Kier molecular flexibility index (Phi) is 8.42. The largest absolute Gasteiger partial charge is 0.493 e. The van der Waals surface area contributed by atoms with E-state index in [2.05, 4.69) is 66.7 Å². The quantitative estimate of drug-likeness (QED) is 0.100. The number of carbonyl (C=O) groups is 1. The molecule has 0 aliphatic rings. The first kappa shape index (κ1) is 27.7. The molecule has 0 heterocycles. The number of esters is 1. The monoisotopic (exact) mass is 560 g/mol. The third-order valence-corrected chi connectivity index (χ3v) is 7.74. The van der Waals surface area contributed by atoms with Crippen molar-refractivity contribution in [1.29, 1.82) is 0 Å². The van der Waals surface area contributed by atoms with Crippen molar-refractivity contribution >= 4 is 28.9 Å². The maximum Gasteiger partial charge on any atom is 0.319 e. The lowest BCUT2D eigenvalue weighted by molar-refractivity contribution is -0.136. The van der Waals surface area contributed by atoms with Crippen LogP contribution in [0.15, 0.2) is 152 Å². The topological polar surface area (TPSA) is 35.5 Å². The van der Waals surface area contributed by atoms with E-state index in [1.54, 1.807) is 7.11 Å². The number of fused-ring (bicyclic) bond motifs is 1. The fraction of sp³-hybridized carbons (Fsp3) is 0.0750. The molecule has 0 fully saturated rings. The molecule has 210 valence electrons. The Hall–Kier alpha value is -5.41. The highest BCUT2D eigenvalue weighted by Gasteiger charge is 2.34. The van der Waals surface area contributed by atoms with Crippen LogP contribution in [-0.2, 0) is 4.79 Å². The summed E-state index contributed by atoms with van der Waals surface area (Å²) >= 11 is 0. The first-order chi connectivity index (χ1) is 21.2. The molecule has 0 bridgehead atoms. The Labute approximate surface area is 252 Å². The lowest BCUT2D eigenvalue weighted by atomic mass is 9.77. The minimum atomic E-state index is -0.582. The van der Waals surface area contributed by atoms with E-state index in [1.807, 2.05) is 97.1 Å². The van der Waals surface area contributed by atoms with Crippen molar-refractivity contribution in [2.45, 2.75) is 11.8 Å². The van der Waals surface area contributed by atoms with Gasteiger partial charge in [0.25, 0.3) is 0 Å². The molecule has 0 saturated carbocycles. The van der Waals surface area contributed by atoms with Gasteiger partial charge in [-0.1, -0.05) is 152 Å². The molecule has 0 N–H and O–H groups in total. The van der Waals surface area contributed by atoms with Crippen molar-refractivity contribution in [3.05, 3.63) is 179 Å². The van der Waals surface area contributed by atoms with Gasteiger partial charge in [-0.2, -0.15) is 0 Å². The number of benzene rings is 6. The molecule has 3 heteroatoms. The van der Waals surface area contributed by atoms with E-state index in [4.69, 9.17) is 9.47 Å². The van der Waals surface area contributed by atoms with Gasteiger partial charge < -0.3 is 9.47 Å². The van der Waals surface area contributed by atoms with E-state index in [9.17, 15) is 4.79 Å². The van der Waals surface area contributed by atoms with Crippen LogP contribution >= 0.6 is 0 Å². The molecule has 6 aromatic rings. The first-order valence-corrected chi connectivity index (χ1v) is 14.4. The van der Waals surface area contributed by atoms with Crippen LogP contribution in [0.3, 0.4) is 0 Å². The normalized spacial score (nSPS) is 12.0. The second kappa shape index (κ2) is 13.1. The molecule has 3 nitrogen and oxygen atoms in total. The van der Waals surface area contributed by atoms with Gasteiger partial charge in [0, 0.05) is 5.92 Å². The van der Waals surface area contributed by atoms with Crippen molar-refractivity contribution in [1.82, 2.24) is 0 Å². The summed E-state index contributed by atoms with van der Waals surface area (Å²) in [5.41, 5.74) is 5.04. The summed E-state index contributed by atoms with van der Waals surface area (Å²) in [6.45, 7) is 0. The molecule has 0 amide bonds. The molecular weight excluding hydrogens is 528 g/mol. The van der Waals surface area contributed by atoms with Crippen LogP contribution in [0.1, 0.15) is 39.7 Å². The lowest BCUT2D eigenvalue weighted by Crippen LogP contribution is -2.26. The molecule has 0 aromatic heterocycles. The van der Waals surface area contributed by atoms with E-state index in [0.29, 0.717) is 11.5 Å². The SMILES string of the molecule is COc1cc(/C=C/c2cccc3ccccc23)ccc1OC(=O)C(c1ccccc1)C(c1ccccc1)c1ccccc1. The minimum Gasteiger partial charge on any atom is -0.493 e. The van der Waals surface area contributed by atoms with Crippen LogP contribution in [0.25, 0.3) is 22.9 Å². The molecule has 0 saturated heterocycles. The second-order valence-corrected chi connectivity index (χ2v) is 10.4. The van der Waals surface area contributed by atoms with Crippen molar-refractivity contribution < 1.29 is 14.3 Å². The van der Waals surface area contributed by atoms with Gasteiger partial charge >= 0.3 is 5.97 Å². The summed E-state index contributed by atoms with van der Waals surface area (Å²) in [6, 6.07) is 50.4. The smallest absolute Gasteiger partial charge is 0.319 e. The molecule has 1 atom stereocenters. The first-order valence-electron chi connectivity index (χ1n) is 14.4. The summed E-state index contributed by atoms with van der Waals surface area (Å²) in [5, 5.41) is 2.39. The van der Waals surface area contributed by atoms with Gasteiger partial charge in [0.15, 0.2) is 11.5 Å². The molecule has 0 spiro atoms. The van der Waals surface area contributed by atoms with Crippen LogP contribution in [-0.4, -0.2) is 13.1 Å². The minimum absolute atomic E-state index is 0.244. The molecule has 1 unspecified atom stereocenters. The average molecular weight is 561 g/mol. The maximum absolute atomic E-state index is 14.2. The van der Waals surface area contributed by atoms with E-state index < -0.39 is 5.92 Å². The van der Waals surface area contributed by atoms with E-state index in [-0.39, 0.29) is 11.9 Å². The third-order valence-electron chi connectivity index (χ3n) is 7.74. The van der Waals surface area contributed by atoms with Crippen molar-refractivity contribution in [3.8, 4) is 11.5 Å². The van der Waals surface area contributed by atoms with Gasteiger partial charge in [0.2, 0.25) is 0 Å². The number of hydrogen-bond donors (Lipinski definition) is 0. The van der Waals surface area contributed by atoms with Crippen LogP contribution in [0.4, 0.5) is 0 Å². The average Bonchev–Trinajstić information content (AvgIpc) is 3.07. The number of ether oxygens (including phenoxy) is 2. The zero-order valence-electron chi connectivity index (χ0n) is 24.0. The number of methoxy groups -OCH3 is 1. The number of hydrogen-bond acceptors (Lipinski definition) is 3. The van der Waals surface area contributed by atoms with Crippen molar-refractivity contribution in [2.75, 3.05) is 7.11 Å². The van der Waals surface area contributed by atoms with Gasteiger partial charge in [-0.15, -0.1) is 0 Å². The lowest BCUT2D eigenvalue weighted by Gasteiger charge is -2.27. The predicted octanol–water partition coefficient (Wildman–Crippen LogP) is 9.54. The molecule has 6 rings (SSSR count). The Morgan fingerprint density at radius 3 is 1.81 bits per heavy atom. The maximum atomic E-state index is 14.2. The van der Waals surface area contributed by atoms with Gasteiger partial charge in [0.1, 0.15) is 0 Å². The predicted molar refractivity (Wildman–Crippen MR) is 175 cm³/mol. The van der Waals surface area contributed by atoms with E-state index in [1.165, 1.54) is 10.8 Å². The standard InChI is InChI=1S/C40H32O3/c1-42-37-28-29(24-26-31-22-13-21-30-14-11-12-23-35(30)31)25-27-36(37)43-40(41)39(34-19-9-4-10-20-34)38(32-15-5-2-6-16-32)33-17-7-3-8-18-33/h2-28,38-39H,1H3/b26-24+. The summed E-state index contributed by atoms with van der Waals surface area (Å²) in [7, 11) is 1.59. The van der Waals surface area contributed by atoms with Gasteiger partial charge in [-0.05, 0) is 50.7 Å². The zero-order valence-corrected chi connectivity index (χ0v) is 24.0. The third kappa shape index (κ3) is 6.27. The second-order valence-electron chi connectivity index (χ2n) is 10.4. The van der Waals surface area contributed by atoms with Crippen LogP contribution in [0.2, 0.25) is 0 Å². The number of carbonyl (C=O) groups excluding carboxylic acids is 1. The van der Waals surface area contributed by atoms with Gasteiger partial charge in [-0.25, -0.2) is 0 Å². The highest BCUT2D eigenvalue weighted by molar-refractivity contribution is 5.93.